The molecule has 0 fully saturated rings. The second kappa shape index (κ2) is 3.90. The average Bonchev–Trinajstić information content (AvgIpc) is 2.56. The molecule has 6 heteroatoms. The molecule has 0 radical (unpaired) electrons. The van der Waals surface area contributed by atoms with Gasteiger partial charge in [0.25, 0.3) is 0 Å². The molecule has 1 aromatic heterocycles. The van der Waals surface area contributed by atoms with Gasteiger partial charge in [0.2, 0.25) is 0 Å². The first kappa shape index (κ1) is 10.6. The number of hydrogen-bond donors (Lipinski definition) is 2. The minimum Gasteiger partial charge on any atom is -0.481 e. The second-order valence-corrected chi connectivity index (χ2v) is 4.28. The van der Waals surface area contributed by atoms with Crippen molar-refractivity contribution in [3.63, 3.8) is 0 Å². The van der Waals surface area contributed by atoms with Gasteiger partial charge >= 0.3 is 11.9 Å². The molecule has 82 valence electrons. The first-order chi connectivity index (χ1) is 7.56. The molecule has 0 saturated heterocycles. The van der Waals surface area contributed by atoms with Gasteiger partial charge in [-0.15, -0.1) is 11.3 Å². The van der Waals surface area contributed by atoms with E-state index in [0.717, 1.165) is 4.70 Å². The third kappa shape index (κ3) is 2.01. The van der Waals surface area contributed by atoms with Crippen LogP contribution in [-0.4, -0.2) is 27.1 Å². The topological polar surface area (TPSA) is 87.5 Å². The van der Waals surface area contributed by atoms with Gasteiger partial charge in [-0.3, -0.25) is 4.79 Å². The van der Waals surface area contributed by atoms with Crippen molar-refractivity contribution in [3.05, 3.63) is 28.8 Å². The number of fused-ring (bicyclic) bond motifs is 1. The van der Waals surface area contributed by atoms with Gasteiger partial charge in [0, 0.05) is 0 Å². The fourth-order valence-corrected chi connectivity index (χ4v) is 2.25. The number of thiazole rings is 1. The first-order valence-corrected chi connectivity index (χ1v) is 5.22. The normalized spacial score (nSPS) is 10.5. The Kier molecular flexibility index (Phi) is 2.57. The van der Waals surface area contributed by atoms with E-state index in [9.17, 15) is 9.59 Å². The Bertz CT molecular complexity index is 575. The molecular weight excluding hydrogens is 230 g/mol. The lowest BCUT2D eigenvalue weighted by molar-refractivity contribution is -0.136. The number of benzene rings is 1. The molecule has 0 aliphatic heterocycles. The van der Waals surface area contributed by atoms with Crippen molar-refractivity contribution >= 4 is 33.5 Å². The Morgan fingerprint density at radius 1 is 1.31 bits per heavy atom. The Hall–Kier alpha value is -1.95. The first-order valence-electron chi connectivity index (χ1n) is 4.41. The quantitative estimate of drug-likeness (QED) is 0.846. The number of aliphatic carboxylic acids is 1. The van der Waals surface area contributed by atoms with Crippen molar-refractivity contribution < 1.29 is 19.8 Å². The molecule has 0 saturated carbocycles. The lowest BCUT2D eigenvalue weighted by Crippen LogP contribution is -1.98. The van der Waals surface area contributed by atoms with E-state index in [1.54, 1.807) is 6.07 Å². The van der Waals surface area contributed by atoms with Crippen LogP contribution in [0.4, 0.5) is 0 Å². The van der Waals surface area contributed by atoms with Gasteiger partial charge < -0.3 is 10.2 Å². The van der Waals surface area contributed by atoms with E-state index in [2.05, 4.69) is 4.98 Å². The molecular formula is C10H7NO4S. The van der Waals surface area contributed by atoms with Crippen LogP contribution < -0.4 is 0 Å². The third-order valence-corrected chi connectivity index (χ3v) is 3.02. The maximum absolute atomic E-state index is 10.7. The molecule has 0 atom stereocenters. The predicted molar refractivity (Wildman–Crippen MR) is 57.9 cm³/mol. The highest BCUT2D eigenvalue weighted by atomic mass is 32.1. The number of nitrogens with zero attached hydrogens (tertiary/aromatic N) is 1. The van der Waals surface area contributed by atoms with Crippen molar-refractivity contribution in [3.8, 4) is 0 Å². The molecule has 2 N–H and O–H groups in total. The molecule has 0 unspecified atom stereocenters. The van der Waals surface area contributed by atoms with Crippen molar-refractivity contribution in [2.45, 2.75) is 6.42 Å². The van der Waals surface area contributed by atoms with Crippen molar-refractivity contribution in [1.29, 1.82) is 0 Å². The molecule has 16 heavy (non-hydrogen) atoms. The highest BCUT2D eigenvalue weighted by Crippen LogP contribution is 2.23. The SMILES string of the molecule is O=C(O)Cc1nc2cc(C(=O)O)ccc2s1. The van der Waals surface area contributed by atoms with E-state index >= 15 is 0 Å². The summed E-state index contributed by atoms with van der Waals surface area (Å²) in [6.07, 6.45) is -0.137. The average molecular weight is 237 g/mol. The zero-order valence-electron chi connectivity index (χ0n) is 8.01. The zero-order chi connectivity index (χ0) is 11.7. The summed E-state index contributed by atoms with van der Waals surface area (Å²) in [7, 11) is 0. The molecule has 0 bridgehead atoms. The fraction of sp³-hybridized carbons (Fsp3) is 0.100. The zero-order valence-corrected chi connectivity index (χ0v) is 8.82. The Morgan fingerprint density at radius 3 is 2.69 bits per heavy atom. The van der Waals surface area contributed by atoms with Crippen LogP contribution in [0.1, 0.15) is 15.4 Å². The Balaban J connectivity index is 2.45. The molecule has 1 heterocycles. The number of hydrogen-bond acceptors (Lipinski definition) is 4. The van der Waals surface area contributed by atoms with Gasteiger partial charge in [-0.1, -0.05) is 0 Å². The minimum atomic E-state index is -1.02. The van der Waals surface area contributed by atoms with Gasteiger partial charge in [0.05, 0.1) is 22.2 Å². The monoisotopic (exact) mass is 237 g/mol. The summed E-state index contributed by atoms with van der Waals surface area (Å²) in [6.45, 7) is 0. The van der Waals surface area contributed by atoms with Crippen LogP contribution in [0.25, 0.3) is 10.2 Å². The lowest BCUT2D eigenvalue weighted by atomic mass is 10.2. The molecule has 5 nitrogen and oxygen atoms in total. The van der Waals surface area contributed by atoms with Gasteiger partial charge in [0.1, 0.15) is 5.01 Å². The predicted octanol–water partition coefficient (Wildman–Crippen LogP) is 1.62. The molecule has 0 aliphatic rings. The summed E-state index contributed by atoms with van der Waals surface area (Å²) in [4.78, 5) is 25.3. The van der Waals surface area contributed by atoms with E-state index in [0.29, 0.717) is 10.5 Å². The van der Waals surface area contributed by atoms with Crippen molar-refractivity contribution in [2.75, 3.05) is 0 Å². The van der Waals surface area contributed by atoms with Crippen LogP contribution in [0.3, 0.4) is 0 Å². The van der Waals surface area contributed by atoms with Crippen LogP contribution in [0.15, 0.2) is 18.2 Å². The summed E-state index contributed by atoms with van der Waals surface area (Å²) in [5, 5.41) is 17.9. The van der Waals surface area contributed by atoms with Crippen LogP contribution >= 0.6 is 11.3 Å². The Labute approximate surface area is 94.0 Å². The van der Waals surface area contributed by atoms with Crippen molar-refractivity contribution in [2.24, 2.45) is 0 Å². The highest BCUT2D eigenvalue weighted by molar-refractivity contribution is 7.18. The van der Waals surface area contributed by atoms with E-state index < -0.39 is 11.9 Å². The maximum atomic E-state index is 10.7. The van der Waals surface area contributed by atoms with E-state index in [4.69, 9.17) is 10.2 Å². The molecule has 2 aromatic rings. The van der Waals surface area contributed by atoms with Crippen LogP contribution in [0.2, 0.25) is 0 Å². The van der Waals surface area contributed by atoms with Gasteiger partial charge in [-0.25, -0.2) is 9.78 Å². The standard InChI is InChI=1S/C10H7NO4S/c12-9(13)4-8-11-6-3-5(10(14)15)1-2-7(6)16-8/h1-3H,4H2,(H,12,13)(H,14,15). The van der Waals surface area contributed by atoms with Gasteiger partial charge in [-0.05, 0) is 18.2 Å². The van der Waals surface area contributed by atoms with Crippen LogP contribution in [-0.2, 0) is 11.2 Å². The summed E-state index contributed by atoms with van der Waals surface area (Å²) in [5.74, 6) is -1.97. The van der Waals surface area contributed by atoms with Crippen LogP contribution in [0, 0.1) is 0 Å². The smallest absolute Gasteiger partial charge is 0.335 e. The molecule has 0 amide bonds. The maximum Gasteiger partial charge on any atom is 0.335 e. The van der Waals surface area contributed by atoms with Crippen LogP contribution in [0.5, 0.6) is 0 Å². The summed E-state index contributed by atoms with van der Waals surface area (Å²) in [6, 6.07) is 4.56. The minimum absolute atomic E-state index is 0.137. The second-order valence-electron chi connectivity index (χ2n) is 3.17. The Morgan fingerprint density at radius 2 is 2.06 bits per heavy atom. The number of carbonyl (C=O) groups is 2. The van der Waals surface area contributed by atoms with Gasteiger partial charge in [0.15, 0.2) is 0 Å². The number of rotatable bonds is 3. The molecule has 0 aliphatic carbocycles. The number of carboxylic acids is 2. The number of aromatic carboxylic acids is 1. The number of aromatic nitrogens is 1. The third-order valence-electron chi connectivity index (χ3n) is 1.98. The molecule has 0 spiro atoms. The highest BCUT2D eigenvalue weighted by Gasteiger charge is 2.10. The van der Waals surface area contributed by atoms with E-state index in [1.807, 2.05) is 0 Å². The van der Waals surface area contributed by atoms with Crippen molar-refractivity contribution in [1.82, 2.24) is 4.98 Å². The summed E-state index contributed by atoms with van der Waals surface area (Å²) < 4.78 is 0.793. The largest absolute Gasteiger partial charge is 0.481 e. The fourth-order valence-electron chi connectivity index (χ4n) is 1.31. The summed E-state index contributed by atoms with van der Waals surface area (Å²) >= 11 is 1.26. The molecule has 1 aromatic carbocycles. The molecule has 2 rings (SSSR count). The van der Waals surface area contributed by atoms with E-state index in [1.165, 1.54) is 23.5 Å². The van der Waals surface area contributed by atoms with E-state index in [-0.39, 0.29) is 12.0 Å². The lowest BCUT2D eigenvalue weighted by Gasteiger charge is -1.91. The number of carboxylic acid groups (broad SMARTS) is 2. The summed E-state index contributed by atoms with van der Waals surface area (Å²) in [5.41, 5.74) is 0.681. The van der Waals surface area contributed by atoms with Gasteiger partial charge in [-0.2, -0.15) is 0 Å².